The number of methoxy groups -OCH3 is 1. The lowest BCUT2D eigenvalue weighted by atomic mass is 10.2. The highest BCUT2D eigenvalue weighted by Gasteiger charge is 2.12. The maximum Gasteiger partial charge on any atom is 0.217 e. The number of alkyl halides is 1. The smallest absolute Gasteiger partial charge is 0.217 e. The Kier molecular flexibility index (Phi) is 6.52. The highest BCUT2D eigenvalue weighted by atomic mass is 79.9. The molecule has 1 rings (SSSR count). The van der Waals surface area contributed by atoms with Gasteiger partial charge in [0, 0.05) is 29.7 Å². The van der Waals surface area contributed by atoms with Crippen molar-refractivity contribution in [3.63, 3.8) is 0 Å². The van der Waals surface area contributed by atoms with Gasteiger partial charge < -0.3 is 4.74 Å². The van der Waals surface area contributed by atoms with E-state index in [0.717, 1.165) is 36.3 Å². The molecule has 17 heavy (non-hydrogen) atoms. The third-order valence-electron chi connectivity index (χ3n) is 2.73. The van der Waals surface area contributed by atoms with Gasteiger partial charge >= 0.3 is 0 Å². The Labute approximate surface area is 112 Å². The Bertz CT molecular complexity index is 331. The second kappa shape index (κ2) is 7.67. The average Bonchev–Trinajstić information content (AvgIpc) is 2.34. The first-order chi connectivity index (χ1) is 8.19. The topological polar surface area (TPSA) is 25.4 Å². The zero-order chi connectivity index (χ0) is 12.7. The molecule has 0 N–H and O–H groups in total. The highest BCUT2D eigenvalue weighted by molar-refractivity contribution is 9.09. The molecule has 1 heterocycles. The molecule has 0 aliphatic carbocycles. The summed E-state index contributed by atoms with van der Waals surface area (Å²) in [4.78, 5) is 6.66. The van der Waals surface area contributed by atoms with Gasteiger partial charge in [-0.25, -0.2) is 4.98 Å². The summed E-state index contributed by atoms with van der Waals surface area (Å²) < 4.78 is 5.28. The van der Waals surface area contributed by atoms with Crippen molar-refractivity contribution in [2.75, 3.05) is 19.0 Å². The Morgan fingerprint density at radius 3 is 2.82 bits per heavy atom. The molecule has 0 aliphatic heterocycles. The molecule has 1 aromatic heterocycles. The van der Waals surface area contributed by atoms with Crippen molar-refractivity contribution in [3.05, 3.63) is 23.9 Å². The number of aromatic nitrogens is 1. The fraction of sp³-hybridized carbons (Fsp3) is 0.615. The molecule has 0 fully saturated rings. The molecule has 3 nitrogen and oxygen atoms in total. The molecule has 1 aromatic rings. The van der Waals surface area contributed by atoms with E-state index in [1.165, 1.54) is 0 Å². The predicted octanol–water partition coefficient (Wildman–Crippen LogP) is 3.09. The summed E-state index contributed by atoms with van der Waals surface area (Å²) in [7, 11) is 1.67. The van der Waals surface area contributed by atoms with Crippen LogP contribution < -0.4 is 4.74 Å². The predicted molar refractivity (Wildman–Crippen MR) is 74.7 cm³/mol. The number of rotatable bonds is 7. The molecule has 0 radical (unpaired) electrons. The third kappa shape index (κ3) is 4.64. The number of nitrogens with zero attached hydrogens (tertiary/aromatic N) is 2. The van der Waals surface area contributed by atoms with Crippen LogP contribution in [0.5, 0.6) is 5.88 Å². The van der Waals surface area contributed by atoms with Crippen LogP contribution >= 0.6 is 15.9 Å². The van der Waals surface area contributed by atoms with Crippen LogP contribution in [0.3, 0.4) is 0 Å². The van der Waals surface area contributed by atoms with Crippen LogP contribution in [0, 0.1) is 0 Å². The first kappa shape index (κ1) is 14.5. The molecule has 4 heteroatoms. The van der Waals surface area contributed by atoms with Gasteiger partial charge in [0.05, 0.1) is 7.11 Å². The van der Waals surface area contributed by atoms with E-state index in [0.29, 0.717) is 6.04 Å². The van der Waals surface area contributed by atoms with E-state index in [4.69, 9.17) is 4.74 Å². The Morgan fingerprint density at radius 1 is 1.47 bits per heavy atom. The first-order valence-electron chi connectivity index (χ1n) is 5.97. The molecular weight excluding hydrogens is 280 g/mol. The van der Waals surface area contributed by atoms with Crippen LogP contribution in [-0.2, 0) is 6.54 Å². The molecular formula is C13H21BrN2O. The third-order valence-corrected chi connectivity index (χ3v) is 3.29. The van der Waals surface area contributed by atoms with Crippen LogP contribution in [0.2, 0.25) is 0 Å². The summed E-state index contributed by atoms with van der Waals surface area (Å²) >= 11 is 3.48. The maximum atomic E-state index is 5.28. The average molecular weight is 301 g/mol. The van der Waals surface area contributed by atoms with Gasteiger partial charge in [-0.15, -0.1) is 0 Å². The monoisotopic (exact) mass is 300 g/mol. The van der Waals surface area contributed by atoms with Crippen LogP contribution in [0.25, 0.3) is 0 Å². The summed E-state index contributed by atoms with van der Waals surface area (Å²) in [5.74, 6) is 0.733. The fourth-order valence-corrected chi connectivity index (χ4v) is 1.98. The first-order valence-corrected chi connectivity index (χ1v) is 7.09. The van der Waals surface area contributed by atoms with Crippen molar-refractivity contribution in [1.82, 2.24) is 9.88 Å². The van der Waals surface area contributed by atoms with E-state index in [1.807, 2.05) is 6.07 Å². The minimum Gasteiger partial charge on any atom is -0.481 e. The maximum absolute atomic E-state index is 5.28. The van der Waals surface area contributed by atoms with Gasteiger partial charge in [-0.2, -0.15) is 0 Å². The second-order valence-corrected chi connectivity index (χ2v) is 5.07. The highest BCUT2D eigenvalue weighted by Crippen LogP contribution is 2.17. The van der Waals surface area contributed by atoms with Crippen molar-refractivity contribution in [3.8, 4) is 5.88 Å². The van der Waals surface area contributed by atoms with Gasteiger partial charge in [-0.1, -0.05) is 22.0 Å². The number of pyridine rings is 1. The number of halogens is 1. The van der Waals surface area contributed by atoms with Gasteiger partial charge in [-0.3, -0.25) is 4.90 Å². The standard InChI is InChI=1S/C13H21BrN2O/c1-11(2)16(9-5-7-14)10-12-6-4-8-15-13(12)17-3/h4,6,8,11H,5,7,9-10H2,1-3H3. The van der Waals surface area contributed by atoms with E-state index in [2.05, 4.69) is 45.7 Å². The lowest BCUT2D eigenvalue weighted by Gasteiger charge is -2.26. The van der Waals surface area contributed by atoms with Gasteiger partial charge in [0.1, 0.15) is 0 Å². The quantitative estimate of drug-likeness (QED) is 0.724. The fourth-order valence-electron chi connectivity index (χ4n) is 1.73. The summed E-state index contributed by atoms with van der Waals surface area (Å²) in [6, 6.07) is 4.56. The van der Waals surface area contributed by atoms with E-state index < -0.39 is 0 Å². The van der Waals surface area contributed by atoms with Crippen molar-refractivity contribution < 1.29 is 4.74 Å². The van der Waals surface area contributed by atoms with Crippen LogP contribution in [0.15, 0.2) is 18.3 Å². The van der Waals surface area contributed by atoms with Gasteiger partial charge in [0.25, 0.3) is 0 Å². The van der Waals surface area contributed by atoms with Crippen molar-refractivity contribution in [2.24, 2.45) is 0 Å². The molecule has 0 atom stereocenters. The van der Waals surface area contributed by atoms with E-state index in [-0.39, 0.29) is 0 Å². The van der Waals surface area contributed by atoms with Gasteiger partial charge in [0.15, 0.2) is 0 Å². The molecule has 96 valence electrons. The van der Waals surface area contributed by atoms with Gasteiger partial charge in [-0.05, 0) is 32.9 Å². The lowest BCUT2D eigenvalue weighted by Crippen LogP contribution is -2.31. The Hall–Kier alpha value is -0.610. The SMILES string of the molecule is COc1ncccc1CN(CCCBr)C(C)C. The molecule has 0 amide bonds. The summed E-state index contributed by atoms with van der Waals surface area (Å²) in [5.41, 5.74) is 1.15. The molecule has 0 saturated heterocycles. The molecule has 0 aliphatic rings. The molecule has 0 saturated carbocycles. The van der Waals surface area contributed by atoms with Crippen molar-refractivity contribution >= 4 is 15.9 Å². The number of ether oxygens (including phenoxy) is 1. The summed E-state index contributed by atoms with van der Waals surface area (Å²) in [5, 5.41) is 1.04. The Morgan fingerprint density at radius 2 is 2.24 bits per heavy atom. The molecule has 0 unspecified atom stereocenters. The Balaban J connectivity index is 2.71. The van der Waals surface area contributed by atoms with Crippen molar-refractivity contribution in [2.45, 2.75) is 32.9 Å². The number of hydrogen-bond donors (Lipinski definition) is 0. The molecule has 0 spiro atoms. The minimum absolute atomic E-state index is 0.527. The zero-order valence-electron chi connectivity index (χ0n) is 10.8. The van der Waals surface area contributed by atoms with Crippen LogP contribution in [0.1, 0.15) is 25.8 Å². The molecule has 0 bridgehead atoms. The summed E-state index contributed by atoms with van der Waals surface area (Å²) in [6.07, 6.45) is 2.92. The second-order valence-electron chi connectivity index (χ2n) is 4.28. The van der Waals surface area contributed by atoms with E-state index in [9.17, 15) is 0 Å². The van der Waals surface area contributed by atoms with Crippen LogP contribution in [0.4, 0.5) is 0 Å². The van der Waals surface area contributed by atoms with Crippen molar-refractivity contribution in [1.29, 1.82) is 0 Å². The van der Waals surface area contributed by atoms with Crippen LogP contribution in [-0.4, -0.2) is 34.9 Å². The number of hydrogen-bond acceptors (Lipinski definition) is 3. The van der Waals surface area contributed by atoms with Gasteiger partial charge in [0.2, 0.25) is 5.88 Å². The summed E-state index contributed by atoms with van der Waals surface area (Å²) in [6.45, 7) is 6.41. The van der Waals surface area contributed by atoms with E-state index in [1.54, 1.807) is 13.3 Å². The minimum atomic E-state index is 0.527. The largest absolute Gasteiger partial charge is 0.481 e. The zero-order valence-corrected chi connectivity index (χ0v) is 12.4. The van der Waals surface area contributed by atoms with E-state index >= 15 is 0 Å². The lowest BCUT2D eigenvalue weighted by molar-refractivity contribution is 0.210. The normalized spacial score (nSPS) is 11.2. The molecule has 0 aromatic carbocycles.